The molecule has 0 aromatic heterocycles. The molecule has 0 aromatic carbocycles. The van der Waals surface area contributed by atoms with E-state index in [0.29, 0.717) is 6.33 Å². The molecule has 0 amide bonds. The van der Waals surface area contributed by atoms with Crippen LogP contribution in [0.5, 0.6) is 0 Å². The summed E-state index contributed by atoms with van der Waals surface area (Å²) in [5, 5.41) is 0. The highest BCUT2D eigenvalue weighted by atomic mass is 19.1. The standard InChI is InChI=1S/C6H7F2N/c1-5(3-4-7)9-6(2)8/h3-4H,2H2,1H3/b4-3+,9-5-. The summed E-state index contributed by atoms with van der Waals surface area (Å²) >= 11 is 0. The highest BCUT2D eigenvalue weighted by Crippen LogP contribution is 1.94. The van der Waals surface area contributed by atoms with E-state index in [1.165, 1.54) is 6.92 Å². The first-order valence-electron chi connectivity index (χ1n) is 2.33. The van der Waals surface area contributed by atoms with Crippen molar-refractivity contribution in [3.63, 3.8) is 0 Å². The number of nitrogens with zero attached hydrogens (tertiary/aromatic N) is 1. The number of hydrogen-bond donors (Lipinski definition) is 0. The molecule has 0 aliphatic heterocycles. The van der Waals surface area contributed by atoms with Gasteiger partial charge in [-0.2, -0.15) is 4.39 Å². The summed E-state index contributed by atoms with van der Waals surface area (Å²) in [6, 6.07) is 0. The minimum Gasteiger partial charge on any atom is -0.226 e. The van der Waals surface area contributed by atoms with Gasteiger partial charge in [0, 0.05) is 5.71 Å². The van der Waals surface area contributed by atoms with Crippen LogP contribution >= 0.6 is 0 Å². The molecule has 0 fully saturated rings. The van der Waals surface area contributed by atoms with Crippen molar-refractivity contribution in [2.75, 3.05) is 0 Å². The van der Waals surface area contributed by atoms with Crippen molar-refractivity contribution in [3.8, 4) is 0 Å². The zero-order valence-corrected chi connectivity index (χ0v) is 5.06. The van der Waals surface area contributed by atoms with Gasteiger partial charge in [0.1, 0.15) is 0 Å². The quantitative estimate of drug-likeness (QED) is 0.403. The molecule has 0 saturated heterocycles. The van der Waals surface area contributed by atoms with Crippen molar-refractivity contribution in [2.45, 2.75) is 6.92 Å². The summed E-state index contributed by atoms with van der Waals surface area (Å²) in [6.07, 6.45) is 1.34. The Labute approximate surface area is 52.4 Å². The summed E-state index contributed by atoms with van der Waals surface area (Å²) in [5.41, 5.74) is 0.255. The predicted molar refractivity (Wildman–Crippen MR) is 33.6 cm³/mol. The molecule has 3 heteroatoms. The molecule has 0 unspecified atom stereocenters. The maximum absolute atomic E-state index is 11.7. The molecule has 0 spiro atoms. The Morgan fingerprint density at radius 3 is 2.56 bits per heavy atom. The minimum atomic E-state index is -0.814. The molecular weight excluding hydrogens is 124 g/mol. The van der Waals surface area contributed by atoms with Crippen LogP contribution in [-0.2, 0) is 0 Å². The second-order valence-corrected chi connectivity index (χ2v) is 1.42. The average molecular weight is 131 g/mol. The third kappa shape index (κ3) is 4.87. The fourth-order valence-corrected chi connectivity index (χ4v) is 0.320. The fourth-order valence-electron chi connectivity index (χ4n) is 0.320. The number of aliphatic imine (C=N–C) groups is 1. The Balaban J connectivity index is 4.00. The maximum Gasteiger partial charge on any atom is 0.205 e. The number of allylic oxidation sites excluding steroid dienone is 1. The zero-order valence-electron chi connectivity index (χ0n) is 5.06. The third-order valence-electron chi connectivity index (χ3n) is 0.602. The Kier molecular flexibility index (Phi) is 3.51. The van der Waals surface area contributed by atoms with Crippen molar-refractivity contribution in [2.24, 2.45) is 4.99 Å². The summed E-state index contributed by atoms with van der Waals surface area (Å²) in [5.74, 6) is -0.814. The molecule has 0 bridgehead atoms. The number of rotatable bonds is 2. The maximum atomic E-state index is 11.7. The SMILES string of the molecule is C=C(F)/N=C(C)\C=C\F. The van der Waals surface area contributed by atoms with Crippen molar-refractivity contribution in [1.29, 1.82) is 0 Å². The molecule has 0 atom stereocenters. The first-order valence-corrected chi connectivity index (χ1v) is 2.33. The van der Waals surface area contributed by atoms with Crippen LogP contribution in [0.15, 0.2) is 29.9 Å². The van der Waals surface area contributed by atoms with Crippen LogP contribution in [0.2, 0.25) is 0 Å². The van der Waals surface area contributed by atoms with Crippen molar-refractivity contribution in [3.05, 3.63) is 24.9 Å². The predicted octanol–water partition coefficient (Wildman–Crippen LogP) is 2.37. The minimum absolute atomic E-state index is 0.255. The van der Waals surface area contributed by atoms with Crippen molar-refractivity contribution >= 4 is 5.71 Å². The fraction of sp³-hybridized carbons (Fsp3) is 0.167. The first kappa shape index (κ1) is 8.01. The molecule has 0 aliphatic rings. The van der Waals surface area contributed by atoms with Crippen LogP contribution in [0.1, 0.15) is 6.92 Å². The lowest BCUT2D eigenvalue weighted by molar-refractivity contribution is 0.633. The Morgan fingerprint density at radius 2 is 2.22 bits per heavy atom. The second kappa shape index (κ2) is 3.95. The molecule has 1 nitrogen and oxygen atoms in total. The molecule has 50 valence electrons. The molecule has 0 aliphatic carbocycles. The highest BCUT2D eigenvalue weighted by molar-refractivity contribution is 5.93. The van der Waals surface area contributed by atoms with E-state index < -0.39 is 5.95 Å². The van der Waals surface area contributed by atoms with Crippen LogP contribution in [0, 0.1) is 0 Å². The normalized spacial score (nSPS) is 12.6. The van der Waals surface area contributed by atoms with Gasteiger partial charge in [-0.1, -0.05) is 0 Å². The van der Waals surface area contributed by atoms with Gasteiger partial charge >= 0.3 is 0 Å². The molecule has 0 aromatic rings. The molecule has 0 heterocycles. The molecule has 9 heavy (non-hydrogen) atoms. The summed E-state index contributed by atoms with van der Waals surface area (Å²) in [7, 11) is 0. The van der Waals surface area contributed by atoms with Gasteiger partial charge in [0.2, 0.25) is 5.95 Å². The molecule has 0 rings (SSSR count). The van der Waals surface area contributed by atoms with E-state index in [4.69, 9.17) is 0 Å². The lowest BCUT2D eigenvalue weighted by atomic mass is 10.4. The lowest BCUT2D eigenvalue weighted by Gasteiger charge is -1.84. The van der Waals surface area contributed by atoms with Crippen LogP contribution in [0.4, 0.5) is 8.78 Å². The highest BCUT2D eigenvalue weighted by Gasteiger charge is 1.84. The Hall–Kier alpha value is -0.990. The van der Waals surface area contributed by atoms with Crippen LogP contribution < -0.4 is 0 Å². The third-order valence-corrected chi connectivity index (χ3v) is 0.602. The van der Waals surface area contributed by atoms with Gasteiger partial charge in [-0.05, 0) is 19.6 Å². The average Bonchev–Trinajstić information content (AvgIpc) is 1.63. The van der Waals surface area contributed by atoms with Crippen LogP contribution in [0.3, 0.4) is 0 Å². The summed E-state index contributed by atoms with van der Waals surface area (Å²) in [4.78, 5) is 3.20. The van der Waals surface area contributed by atoms with Crippen LogP contribution in [-0.4, -0.2) is 5.71 Å². The number of halogens is 2. The van der Waals surface area contributed by atoms with Gasteiger partial charge < -0.3 is 0 Å². The van der Waals surface area contributed by atoms with E-state index in [1.54, 1.807) is 0 Å². The van der Waals surface area contributed by atoms with Gasteiger partial charge in [-0.15, -0.1) is 0 Å². The summed E-state index contributed by atoms with van der Waals surface area (Å²) in [6.45, 7) is 4.34. The van der Waals surface area contributed by atoms with Crippen LogP contribution in [0.25, 0.3) is 0 Å². The molecule has 0 radical (unpaired) electrons. The van der Waals surface area contributed by atoms with Gasteiger partial charge in [0.25, 0.3) is 0 Å². The molecular formula is C6H7F2N. The number of hydrogen-bond acceptors (Lipinski definition) is 1. The topological polar surface area (TPSA) is 12.4 Å². The van der Waals surface area contributed by atoms with Crippen molar-refractivity contribution < 1.29 is 8.78 Å². The van der Waals surface area contributed by atoms with Gasteiger partial charge in [-0.3, -0.25) is 0 Å². The second-order valence-electron chi connectivity index (χ2n) is 1.42. The van der Waals surface area contributed by atoms with E-state index >= 15 is 0 Å². The zero-order chi connectivity index (χ0) is 7.28. The summed E-state index contributed by atoms with van der Waals surface area (Å²) < 4.78 is 23.0. The largest absolute Gasteiger partial charge is 0.226 e. The van der Waals surface area contributed by atoms with E-state index in [9.17, 15) is 8.78 Å². The van der Waals surface area contributed by atoms with E-state index in [2.05, 4.69) is 11.6 Å². The lowest BCUT2D eigenvalue weighted by Crippen LogP contribution is -1.81. The molecule has 0 saturated carbocycles. The first-order chi connectivity index (χ1) is 4.16. The Morgan fingerprint density at radius 1 is 1.67 bits per heavy atom. The monoisotopic (exact) mass is 131 g/mol. The van der Waals surface area contributed by atoms with E-state index in [0.717, 1.165) is 6.08 Å². The van der Waals surface area contributed by atoms with Gasteiger partial charge in [-0.25, -0.2) is 9.38 Å². The smallest absolute Gasteiger partial charge is 0.205 e. The van der Waals surface area contributed by atoms with Gasteiger partial charge in [0.05, 0.1) is 6.33 Å². The van der Waals surface area contributed by atoms with Gasteiger partial charge in [0.15, 0.2) is 0 Å². The Bertz CT molecular complexity index is 158. The van der Waals surface area contributed by atoms with E-state index in [-0.39, 0.29) is 5.71 Å². The molecule has 0 N–H and O–H groups in total. The van der Waals surface area contributed by atoms with E-state index in [1.807, 2.05) is 0 Å². The van der Waals surface area contributed by atoms with Crippen molar-refractivity contribution in [1.82, 2.24) is 0 Å².